The highest BCUT2D eigenvalue weighted by atomic mass is 15.3. The fourth-order valence-electron chi connectivity index (χ4n) is 1.91. The molecule has 0 saturated carbocycles. The van der Waals surface area contributed by atoms with Crippen molar-refractivity contribution in [2.75, 3.05) is 5.43 Å². The Labute approximate surface area is 107 Å². The van der Waals surface area contributed by atoms with Crippen molar-refractivity contribution >= 4 is 5.95 Å². The summed E-state index contributed by atoms with van der Waals surface area (Å²) < 4.78 is 0. The summed E-state index contributed by atoms with van der Waals surface area (Å²) in [5, 5.41) is 0. The molecule has 1 aromatic heterocycles. The Morgan fingerprint density at radius 2 is 1.89 bits per heavy atom. The number of nitrogens with one attached hydrogen (secondary N) is 1. The van der Waals surface area contributed by atoms with Crippen molar-refractivity contribution in [3.05, 3.63) is 41.6 Å². The molecule has 0 aliphatic heterocycles. The number of nitrogen functional groups attached to an aromatic ring is 1. The largest absolute Gasteiger partial charge is 0.292 e. The number of nitrogens with two attached hydrogens (primary N) is 1. The molecular weight excluding hydrogens is 224 g/mol. The van der Waals surface area contributed by atoms with Gasteiger partial charge in [-0.25, -0.2) is 15.8 Å². The number of benzene rings is 1. The smallest absolute Gasteiger partial charge is 0.237 e. The van der Waals surface area contributed by atoms with Gasteiger partial charge in [0.25, 0.3) is 0 Å². The molecule has 0 radical (unpaired) electrons. The predicted molar refractivity (Wildman–Crippen MR) is 74.0 cm³/mol. The van der Waals surface area contributed by atoms with Crippen LogP contribution in [0.3, 0.4) is 0 Å². The summed E-state index contributed by atoms with van der Waals surface area (Å²) in [5.41, 5.74) is 6.70. The molecule has 4 nitrogen and oxygen atoms in total. The van der Waals surface area contributed by atoms with Gasteiger partial charge in [-0.3, -0.25) is 5.43 Å². The molecule has 3 N–H and O–H groups in total. The van der Waals surface area contributed by atoms with Crippen LogP contribution in [-0.4, -0.2) is 9.97 Å². The van der Waals surface area contributed by atoms with Crippen LogP contribution in [-0.2, 0) is 6.42 Å². The average molecular weight is 242 g/mol. The molecule has 1 aromatic carbocycles. The van der Waals surface area contributed by atoms with Gasteiger partial charge in [-0.05, 0) is 25.0 Å². The summed E-state index contributed by atoms with van der Waals surface area (Å²) >= 11 is 0. The second-order valence-corrected chi connectivity index (χ2v) is 4.31. The Kier molecular flexibility index (Phi) is 3.89. The molecule has 4 heteroatoms. The first-order valence-electron chi connectivity index (χ1n) is 6.14. The van der Waals surface area contributed by atoms with Crippen molar-refractivity contribution in [2.24, 2.45) is 5.84 Å². The summed E-state index contributed by atoms with van der Waals surface area (Å²) in [4.78, 5) is 8.53. The minimum Gasteiger partial charge on any atom is -0.292 e. The fourth-order valence-corrected chi connectivity index (χ4v) is 1.91. The standard InChI is InChI=1S/C14H18N4/c1-3-4-11-5-7-12(8-6-11)13-9-10(2)16-14(17-13)18-15/h5-9H,3-4,15H2,1-2H3,(H,16,17,18). The van der Waals surface area contributed by atoms with E-state index in [1.165, 1.54) is 5.56 Å². The summed E-state index contributed by atoms with van der Waals surface area (Å²) in [6, 6.07) is 10.4. The number of hydrazine groups is 1. The van der Waals surface area contributed by atoms with Crippen molar-refractivity contribution < 1.29 is 0 Å². The van der Waals surface area contributed by atoms with E-state index in [0.29, 0.717) is 5.95 Å². The Morgan fingerprint density at radius 1 is 1.17 bits per heavy atom. The zero-order valence-electron chi connectivity index (χ0n) is 10.8. The molecule has 0 fully saturated rings. The molecule has 0 spiro atoms. The van der Waals surface area contributed by atoms with E-state index < -0.39 is 0 Å². The number of aromatic nitrogens is 2. The first kappa shape index (κ1) is 12.5. The zero-order valence-corrected chi connectivity index (χ0v) is 10.8. The highest BCUT2D eigenvalue weighted by Gasteiger charge is 2.03. The van der Waals surface area contributed by atoms with Crippen molar-refractivity contribution in [1.82, 2.24) is 9.97 Å². The maximum Gasteiger partial charge on any atom is 0.237 e. The molecule has 0 atom stereocenters. The number of hydrogen-bond acceptors (Lipinski definition) is 4. The van der Waals surface area contributed by atoms with Gasteiger partial charge in [0.2, 0.25) is 5.95 Å². The molecule has 94 valence electrons. The molecule has 1 heterocycles. The van der Waals surface area contributed by atoms with Crippen LogP contribution in [0, 0.1) is 6.92 Å². The Bertz CT molecular complexity index is 520. The van der Waals surface area contributed by atoms with Crippen LogP contribution >= 0.6 is 0 Å². The molecular formula is C14H18N4. The first-order valence-corrected chi connectivity index (χ1v) is 6.14. The van der Waals surface area contributed by atoms with Crippen molar-refractivity contribution in [2.45, 2.75) is 26.7 Å². The third-order valence-electron chi connectivity index (χ3n) is 2.77. The number of hydrogen-bond donors (Lipinski definition) is 2. The van der Waals surface area contributed by atoms with Crippen LogP contribution in [0.2, 0.25) is 0 Å². The molecule has 0 amide bonds. The van der Waals surface area contributed by atoms with Gasteiger partial charge < -0.3 is 0 Å². The zero-order chi connectivity index (χ0) is 13.0. The maximum atomic E-state index is 5.35. The van der Waals surface area contributed by atoms with Gasteiger partial charge in [0.1, 0.15) is 0 Å². The molecule has 0 bridgehead atoms. The van der Waals surface area contributed by atoms with Crippen LogP contribution in [0.15, 0.2) is 30.3 Å². The SMILES string of the molecule is CCCc1ccc(-c2cc(C)nc(NN)n2)cc1. The first-order chi connectivity index (χ1) is 8.72. The van der Waals surface area contributed by atoms with Gasteiger partial charge in [-0.2, -0.15) is 0 Å². The van der Waals surface area contributed by atoms with Crippen molar-refractivity contribution in [3.63, 3.8) is 0 Å². The van der Waals surface area contributed by atoms with Crippen molar-refractivity contribution in [1.29, 1.82) is 0 Å². The van der Waals surface area contributed by atoms with E-state index in [2.05, 4.69) is 46.6 Å². The molecule has 0 aliphatic carbocycles. The number of anilines is 1. The lowest BCUT2D eigenvalue weighted by Gasteiger charge is -2.06. The van der Waals surface area contributed by atoms with Crippen LogP contribution in [0.1, 0.15) is 24.6 Å². The lowest BCUT2D eigenvalue weighted by molar-refractivity contribution is 0.922. The number of rotatable bonds is 4. The minimum absolute atomic E-state index is 0.447. The predicted octanol–water partition coefficient (Wildman–Crippen LogP) is 2.69. The van der Waals surface area contributed by atoms with Gasteiger partial charge in [0.15, 0.2) is 0 Å². The Hall–Kier alpha value is -1.94. The monoisotopic (exact) mass is 242 g/mol. The number of nitrogens with zero attached hydrogens (tertiary/aromatic N) is 2. The van der Waals surface area contributed by atoms with Crippen LogP contribution in [0.25, 0.3) is 11.3 Å². The van der Waals surface area contributed by atoms with Crippen LogP contribution in [0.4, 0.5) is 5.95 Å². The van der Waals surface area contributed by atoms with Gasteiger partial charge in [0.05, 0.1) is 5.69 Å². The second kappa shape index (κ2) is 5.60. The van der Waals surface area contributed by atoms with Crippen LogP contribution < -0.4 is 11.3 Å². The lowest BCUT2D eigenvalue weighted by Crippen LogP contribution is -2.11. The van der Waals surface area contributed by atoms with Crippen molar-refractivity contribution in [3.8, 4) is 11.3 Å². The van der Waals surface area contributed by atoms with Gasteiger partial charge in [-0.15, -0.1) is 0 Å². The molecule has 2 aromatic rings. The van der Waals surface area contributed by atoms with E-state index in [0.717, 1.165) is 29.8 Å². The highest BCUT2D eigenvalue weighted by molar-refractivity contribution is 5.61. The lowest BCUT2D eigenvalue weighted by atomic mass is 10.1. The molecule has 2 rings (SSSR count). The van der Waals surface area contributed by atoms with Gasteiger partial charge in [0, 0.05) is 11.3 Å². The molecule has 0 aliphatic rings. The summed E-state index contributed by atoms with van der Waals surface area (Å²) in [7, 11) is 0. The summed E-state index contributed by atoms with van der Waals surface area (Å²) in [6.07, 6.45) is 2.27. The van der Waals surface area contributed by atoms with Crippen LogP contribution in [0.5, 0.6) is 0 Å². The molecule has 0 unspecified atom stereocenters. The minimum atomic E-state index is 0.447. The maximum absolute atomic E-state index is 5.35. The van der Waals surface area contributed by atoms with E-state index in [1.54, 1.807) is 0 Å². The summed E-state index contributed by atoms with van der Waals surface area (Å²) in [6.45, 7) is 4.11. The number of aryl methyl sites for hydroxylation is 2. The van der Waals surface area contributed by atoms with Gasteiger partial charge in [-0.1, -0.05) is 37.6 Å². The summed E-state index contributed by atoms with van der Waals surface area (Å²) in [5.74, 6) is 5.80. The van der Waals surface area contributed by atoms with Gasteiger partial charge >= 0.3 is 0 Å². The third kappa shape index (κ3) is 2.84. The third-order valence-corrected chi connectivity index (χ3v) is 2.77. The Balaban J connectivity index is 2.33. The Morgan fingerprint density at radius 3 is 2.50 bits per heavy atom. The average Bonchev–Trinajstić information content (AvgIpc) is 2.39. The van der Waals surface area contributed by atoms with E-state index in [1.807, 2.05) is 13.0 Å². The molecule has 0 saturated heterocycles. The fraction of sp³-hybridized carbons (Fsp3) is 0.286. The van der Waals surface area contributed by atoms with E-state index in [4.69, 9.17) is 5.84 Å². The quantitative estimate of drug-likeness (QED) is 0.639. The molecule has 18 heavy (non-hydrogen) atoms. The van der Waals surface area contributed by atoms with E-state index in [-0.39, 0.29) is 0 Å². The topological polar surface area (TPSA) is 63.8 Å². The van der Waals surface area contributed by atoms with E-state index >= 15 is 0 Å². The second-order valence-electron chi connectivity index (χ2n) is 4.31. The normalized spacial score (nSPS) is 10.4. The van der Waals surface area contributed by atoms with E-state index in [9.17, 15) is 0 Å². The highest BCUT2D eigenvalue weighted by Crippen LogP contribution is 2.20.